The molecule has 31 heavy (non-hydrogen) atoms. The van der Waals surface area contributed by atoms with Crippen molar-refractivity contribution in [2.45, 2.75) is 52.9 Å². The average molecular weight is 427 g/mol. The van der Waals surface area contributed by atoms with E-state index in [1.54, 1.807) is 38.3 Å². The number of ether oxygens (including phenoxy) is 2. The zero-order valence-electron chi connectivity index (χ0n) is 18.2. The van der Waals surface area contributed by atoms with Gasteiger partial charge in [0, 0.05) is 12.6 Å². The van der Waals surface area contributed by atoms with Gasteiger partial charge in [-0.2, -0.15) is 0 Å². The zero-order chi connectivity index (χ0) is 22.8. The monoisotopic (exact) mass is 427 g/mol. The van der Waals surface area contributed by atoms with Crippen LogP contribution < -0.4 is 5.32 Å². The quantitative estimate of drug-likeness (QED) is 0.591. The van der Waals surface area contributed by atoms with Crippen LogP contribution in [0.3, 0.4) is 0 Å². The fraction of sp³-hybridized carbons (Fsp3) is 0.348. The van der Waals surface area contributed by atoms with Crippen LogP contribution in [0.25, 0.3) is 16.7 Å². The van der Waals surface area contributed by atoms with Crippen LogP contribution in [0.2, 0.25) is 0 Å². The molecule has 3 aromatic rings. The first-order chi connectivity index (χ1) is 14.6. The molecule has 0 aliphatic carbocycles. The summed E-state index contributed by atoms with van der Waals surface area (Å²) in [5, 5.41) is 2.78. The summed E-state index contributed by atoms with van der Waals surface area (Å²) >= 11 is 0. The number of aromatic nitrogens is 2. The topological polar surface area (TPSA) is 82.4 Å². The average Bonchev–Trinajstić information content (AvgIpc) is 3.06. The van der Waals surface area contributed by atoms with Crippen LogP contribution in [0.1, 0.15) is 52.0 Å². The fourth-order valence-electron chi connectivity index (χ4n) is 3.22. The van der Waals surface area contributed by atoms with Gasteiger partial charge in [-0.15, -0.1) is 0 Å². The molecule has 0 saturated carbocycles. The number of esters is 1. The van der Waals surface area contributed by atoms with Gasteiger partial charge in [-0.25, -0.2) is 14.2 Å². The SMILES string of the molecule is CC(=O)OCc1c(F)ccc2nc(C(C)NC(=O)OC(C)(C)C)n(-c3ccccc3)c12. The minimum atomic E-state index is -0.649. The molecule has 1 N–H and O–H groups in total. The molecular formula is C23H26FN3O4. The molecule has 0 spiro atoms. The summed E-state index contributed by atoms with van der Waals surface area (Å²) in [6.45, 7) is 8.14. The van der Waals surface area contributed by atoms with Crippen molar-refractivity contribution in [1.82, 2.24) is 14.9 Å². The summed E-state index contributed by atoms with van der Waals surface area (Å²) in [6, 6.07) is 11.6. The van der Waals surface area contributed by atoms with E-state index in [0.717, 1.165) is 5.69 Å². The summed E-state index contributed by atoms with van der Waals surface area (Å²) in [5.74, 6) is -0.533. The Morgan fingerprint density at radius 1 is 1.16 bits per heavy atom. The van der Waals surface area contributed by atoms with Crippen molar-refractivity contribution in [2.24, 2.45) is 0 Å². The van der Waals surface area contributed by atoms with Crippen molar-refractivity contribution in [2.75, 3.05) is 0 Å². The highest BCUT2D eigenvalue weighted by molar-refractivity contribution is 5.82. The summed E-state index contributed by atoms with van der Waals surface area (Å²) in [7, 11) is 0. The molecule has 1 heterocycles. The van der Waals surface area contributed by atoms with E-state index in [9.17, 15) is 14.0 Å². The summed E-state index contributed by atoms with van der Waals surface area (Å²) < 4.78 is 27.0. The van der Waals surface area contributed by atoms with Gasteiger partial charge in [0.15, 0.2) is 0 Å². The highest BCUT2D eigenvalue weighted by Gasteiger charge is 2.25. The van der Waals surface area contributed by atoms with E-state index in [0.29, 0.717) is 16.9 Å². The van der Waals surface area contributed by atoms with Crippen molar-refractivity contribution in [3.8, 4) is 5.69 Å². The van der Waals surface area contributed by atoms with Gasteiger partial charge >= 0.3 is 12.1 Å². The number of benzene rings is 2. The molecule has 2 aromatic carbocycles. The first-order valence-electron chi connectivity index (χ1n) is 9.95. The van der Waals surface area contributed by atoms with Gasteiger partial charge < -0.3 is 14.8 Å². The molecule has 164 valence electrons. The number of carbonyl (C=O) groups is 2. The molecular weight excluding hydrogens is 401 g/mol. The Hall–Kier alpha value is -3.42. The minimum Gasteiger partial charge on any atom is -0.461 e. The Labute approximate surface area is 180 Å². The second kappa shape index (κ2) is 8.75. The molecule has 1 amide bonds. The number of nitrogens with one attached hydrogen (secondary N) is 1. The van der Waals surface area contributed by atoms with Crippen LogP contribution in [-0.4, -0.2) is 27.2 Å². The van der Waals surface area contributed by atoms with Crippen molar-refractivity contribution >= 4 is 23.1 Å². The van der Waals surface area contributed by atoms with Crippen molar-refractivity contribution in [3.05, 3.63) is 59.7 Å². The molecule has 3 rings (SSSR count). The van der Waals surface area contributed by atoms with Crippen LogP contribution in [0.15, 0.2) is 42.5 Å². The Morgan fingerprint density at radius 2 is 1.84 bits per heavy atom. The van der Waals surface area contributed by atoms with E-state index in [2.05, 4.69) is 10.3 Å². The van der Waals surface area contributed by atoms with Crippen LogP contribution in [0.5, 0.6) is 0 Å². The Morgan fingerprint density at radius 3 is 2.45 bits per heavy atom. The smallest absolute Gasteiger partial charge is 0.408 e. The highest BCUT2D eigenvalue weighted by Crippen LogP contribution is 2.30. The fourth-order valence-corrected chi connectivity index (χ4v) is 3.22. The number of hydrogen-bond acceptors (Lipinski definition) is 5. The second-order valence-corrected chi connectivity index (χ2v) is 8.18. The Balaban J connectivity index is 2.14. The van der Waals surface area contributed by atoms with Crippen LogP contribution in [-0.2, 0) is 20.9 Å². The summed E-state index contributed by atoms with van der Waals surface area (Å²) in [6.07, 6.45) is -0.585. The molecule has 1 atom stereocenters. The number of amides is 1. The number of hydrogen-bond donors (Lipinski definition) is 1. The van der Waals surface area contributed by atoms with Gasteiger partial charge in [0.2, 0.25) is 0 Å². The zero-order valence-corrected chi connectivity index (χ0v) is 18.2. The second-order valence-electron chi connectivity index (χ2n) is 8.18. The van der Waals surface area contributed by atoms with Gasteiger partial charge in [0.25, 0.3) is 0 Å². The lowest BCUT2D eigenvalue weighted by molar-refractivity contribution is -0.142. The largest absolute Gasteiger partial charge is 0.461 e. The number of imidazole rings is 1. The van der Waals surface area contributed by atoms with Crippen molar-refractivity contribution in [3.63, 3.8) is 0 Å². The molecule has 8 heteroatoms. The van der Waals surface area contributed by atoms with E-state index in [-0.39, 0.29) is 12.2 Å². The van der Waals surface area contributed by atoms with Gasteiger partial charge in [-0.1, -0.05) is 18.2 Å². The number of halogens is 1. The van der Waals surface area contributed by atoms with E-state index < -0.39 is 29.5 Å². The Kier molecular flexibility index (Phi) is 6.29. The van der Waals surface area contributed by atoms with Gasteiger partial charge in [-0.3, -0.25) is 9.36 Å². The standard InChI is InChI=1S/C23H26FN3O4/c1-14(25-22(29)31-23(3,4)5)21-26-19-12-11-18(24)17(13-30-15(2)28)20(19)27(21)16-9-7-6-8-10-16/h6-12,14H,13H2,1-5H3,(H,25,29). The maximum atomic E-state index is 14.7. The predicted octanol–water partition coefficient (Wildman–Crippen LogP) is 4.81. The predicted molar refractivity (Wildman–Crippen MR) is 114 cm³/mol. The third kappa shape index (κ3) is 5.20. The summed E-state index contributed by atoms with van der Waals surface area (Å²) in [4.78, 5) is 28.3. The number of rotatable bonds is 5. The van der Waals surface area contributed by atoms with E-state index in [1.807, 2.05) is 30.3 Å². The summed E-state index contributed by atoms with van der Waals surface area (Å²) in [5.41, 5.74) is 1.27. The van der Waals surface area contributed by atoms with Crippen LogP contribution >= 0.6 is 0 Å². The Bertz CT molecular complexity index is 1100. The molecule has 0 fully saturated rings. The lowest BCUT2D eigenvalue weighted by Crippen LogP contribution is -2.34. The number of fused-ring (bicyclic) bond motifs is 1. The molecule has 1 unspecified atom stereocenters. The van der Waals surface area contributed by atoms with Gasteiger partial charge in [-0.05, 0) is 52.0 Å². The molecule has 0 aliphatic rings. The van der Waals surface area contributed by atoms with Gasteiger partial charge in [0.05, 0.1) is 22.6 Å². The molecule has 7 nitrogen and oxygen atoms in total. The number of para-hydroxylation sites is 1. The lowest BCUT2D eigenvalue weighted by atomic mass is 10.1. The number of nitrogens with zero attached hydrogens (tertiary/aromatic N) is 2. The van der Waals surface area contributed by atoms with Crippen LogP contribution in [0.4, 0.5) is 9.18 Å². The molecule has 0 bridgehead atoms. The number of alkyl carbamates (subject to hydrolysis) is 1. The minimum absolute atomic E-state index is 0.208. The highest BCUT2D eigenvalue weighted by atomic mass is 19.1. The first kappa shape index (κ1) is 22.3. The third-order valence-electron chi connectivity index (χ3n) is 4.45. The number of carbonyl (C=O) groups excluding carboxylic acids is 2. The van der Waals surface area contributed by atoms with Gasteiger partial charge in [0.1, 0.15) is 23.8 Å². The van der Waals surface area contributed by atoms with E-state index >= 15 is 0 Å². The van der Waals surface area contributed by atoms with E-state index in [1.165, 1.54) is 13.0 Å². The first-order valence-corrected chi connectivity index (χ1v) is 9.95. The van der Waals surface area contributed by atoms with Crippen molar-refractivity contribution in [1.29, 1.82) is 0 Å². The molecule has 1 aromatic heterocycles. The van der Waals surface area contributed by atoms with Crippen LogP contribution in [0, 0.1) is 5.82 Å². The molecule has 0 saturated heterocycles. The van der Waals surface area contributed by atoms with Crippen molar-refractivity contribution < 1.29 is 23.5 Å². The maximum absolute atomic E-state index is 14.7. The lowest BCUT2D eigenvalue weighted by Gasteiger charge is -2.22. The maximum Gasteiger partial charge on any atom is 0.408 e. The molecule has 0 aliphatic heterocycles. The normalized spacial score (nSPS) is 12.5. The third-order valence-corrected chi connectivity index (χ3v) is 4.45. The van der Waals surface area contributed by atoms with E-state index in [4.69, 9.17) is 9.47 Å². The molecule has 0 radical (unpaired) electrons.